The molecule has 0 radical (unpaired) electrons. The zero-order chi connectivity index (χ0) is 38.9. The van der Waals surface area contributed by atoms with E-state index in [1.807, 2.05) is 0 Å². The summed E-state index contributed by atoms with van der Waals surface area (Å²) in [4.78, 5) is 61.8. The van der Waals surface area contributed by atoms with Crippen LogP contribution in [0.3, 0.4) is 0 Å². The maximum Gasteiger partial charge on any atom is 0.238 e. The summed E-state index contributed by atoms with van der Waals surface area (Å²) in [5, 5.41) is 7.26. The van der Waals surface area contributed by atoms with Gasteiger partial charge in [0.2, 0.25) is 11.8 Å². The molecule has 2 saturated heterocycles. The Labute approximate surface area is 341 Å². The molecule has 2 heterocycles. The summed E-state index contributed by atoms with van der Waals surface area (Å²) in [6.07, 6.45) is 1.03. The lowest BCUT2D eigenvalue weighted by atomic mass is 10.0. The lowest BCUT2D eigenvalue weighted by Gasteiger charge is -2.36. The molecule has 2 aliphatic rings. The number of halogens is 4. The number of piperazine rings is 2. The second-order valence-corrected chi connectivity index (χ2v) is 15.4. The lowest BCUT2D eigenvalue weighted by molar-refractivity contribution is -0.118. The molecule has 0 aromatic heterocycles. The number of ketones is 2. The van der Waals surface area contributed by atoms with Crippen LogP contribution in [-0.2, 0) is 9.59 Å². The molecule has 288 valence electrons. The van der Waals surface area contributed by atoms with Gasteiger partial charge in [-0.25, -0.2) is 0 Å². The summed E-state index contributed by atoms with van der Waals surface area (Å²) in [6.45, 7) is 8.93. The molecule has 4 aromatic carbocycles. The fraction of sp³-hybridized carbons (Fsp3) is 0.317. The first-order valence-corrected chi connectivity index (χ1v) is 19.7. The number of nitrogens with one attached hydrogen (secondary N) is 2. The third-order valence-electron chi connectivity index (χ3n) is 9.85. The summed E-state index contributed by atoms with van der Waals surface area (Å²) in [5.41, 5.74) is 2.07. The zero-order valence-electron chi connectivity index (χ0n) is 30.2. The van der Waals surface area contributed by atoms with Crippen molar-refractivity contribution in [1.82, 2.24) is 19.6 Å². The number of benzene rings is 4. The van der Waals surface area contributed by atoms with Crippen LogP contribution in [0.1, 0.15) is 38.3 Å². The van der Waals surface area contributed by atoms with Gasteiger partial charge in [-0.05, 0) is 80.2 Å². The van der Waals surface area contributed by atoms with Crippen molar-refractivity contribution in [2.75, 3.05) is 89.2 Å². The predicted octanol–water partition coefficient (Wildman–Crippen LogP) is 6.96. The van der Waals surface area contributed by atoms with Crippen molar-refractivity contribution in [3.05, 3.63) is 127 Å². The van der Waals surface area contributed by atoms with Gasteiger partial charge in [-0.2, -0.15) is 0 Å². The Balaban J connectivity index is 0.886. The van der Waals surface area contributed by atoms with Crippen LogP contribution in [0.5, 0.6) is 0 Å². The fourth-order valence-electron chi connectivity index (χ4n) is 6.85. The van der Waals surface area contributed by atoms with Gasteiger partial charge in [0.1, 0.15) is 0 Å². The van der Waals surface area contributed by atoms with Gasteiger partial charge in [0.05, 0.1) is 34.5 Å². The van der Waals surface area contributed by atoms with Crippen molar-refractivity contribution < 1.29 is 19.2 Å². The highest BCUT2D eigenvalue weighted by Gasteiger charge is 2.24. The summed E-state index contributed by atoms with van der Waals surface area (Å²) in [7, 11) is 0. The Morgan fingerprint density at radius 1 is 0.473 bits per heavy atom. The molecule has 0 unspecified atom stereocenters. The van der Waals surface area contributed by atoms with Gasteiger partial charge in [-0.3, -0.25) is 29.0 Å². The largest absolute Gasteiger partial charge is 0.324 e. The fourth-order valence-corrected chi connectivity index (χ4v) is 7.64. The van der Waals surface area contributed by atoms with Gasteiger partial charge in [0, 0.05) is 84.7 Å². The molecule has 0 saturated carbocycles. The van der Waals surface area contributed by atoms with Crippen molar-refractivity contribution in [2.24, 2.45) is 0 Å². The number of hydrogen-bond donors (Lipinski definition) is 2. The SMILES string of the molecule is O=C(CN1CCN(CCCN2CCN(CC(=O)Nc3ccc(Cl)cc3C(=O)c3ccccc3Cl)CC2)CC1)Nc1ccc(Cl)cc1C(=O)c1ccccc1Cl. The molecule has 0 aliphatic carbocycles. The van der Waals surface area contributed by atoms with Crippen LogP contribution in [0.2, 0.25) is 20.1 Å². The number of carbonyl (C=O) groups is 4. The van der Waals surface area contributed by atoms with E-state index in [1.54, 1.807) is 84.9 Å². The highest BCUT2D eigenvalue weighted by molar-refractivity contribution is 6.36. The third-order valence-corrected chi connectivity index (χ3v) is 11.0. The number of rotatable bonds is 14. The Morgan fingerprint density at radius 2 is 0.836 bits per heavy atom. The molecule has 0 spiro atoms. The molecule has 2 amide bonds. The summed E-state index contributed by atoms with van der Waals surface area (Å²) >= 11 is 25.0. The van der Waals surface area contributed by atoms with E-state index in [-0.39, 0.29) is 36.5 Å². The Morgan fingerprint density at radius 3 is 1.22 bits per heavy atom. The van der Waals surface area contributed by atoms with Crippen LogP contribution in [0.15, 0.2) is 84.9 Å². The van der Waals surface area contributed by atoms with Crippen molar-refractivity contribution >= 4 is 81.2 Å². The van der Waals surface area contributed by atoms with Gasteiger partial charge in [-0.15, -0.1) is 0 Å². The normalized spacial score (nSPS) is 15.8. The maximum absolute atomic E-state index is 13.3. The van der Waals surface area contributed by atoms with E-state index in [1.165, 1.54) is 0 Å². The molecule has 10 nitrogen and oxygen atoms in total. The van der Waals surface area contributed by atoms with Crippen LogP contribution in [-0.4, -0.2) is 122 Å². The van der Waals surface area contributed by atoms with Crippen molar-refractivity contribution in [3.8, 4) is 0 Å². The molecule has 0 atom stereocenters. The summed E-state index contributed by atoms with van der Waals surface area (Å²) < 4.78 is 0. The predicted molar refractivity (Wildman–Crippen MR) is 220 cm³/mol. The standard InChI is InChI=1S/C41H42Cl4N6O4/c42-28-10-12-36(32(24-28)40(54)30-6-1-3-8-34(30)44)46-38(52)26-50-20-16-48(17-21-50)14-5-15-49-18-22-51(23-19-49)27-39(53)47-37-13-11-29(43)25-33(37)41(55)31-7-2-4-9-35(31)45/h1-4,6-13,24-25H,5,14-23,26-27H2,(H,46,52)(H,47,53). The summed E-state index contributed by atoms with van der Waals surface area (Å²) in [5.74, 6) is -1.01. The van der Waals surface area contributed by atoms with Gasteiger partial charge < -0.3 is 20.4 Å². The maximum atomic E-state index is 13.3. The van der Waals surface area contributed by atoms with Crippen molar-refractivity contribution in [1.29, 1.82) is 0 Å². The first kappa shape index (κ1) is 40.8. The topological polar surface area (TPSA) is 105 Å². The van der Waals surface area contributed by atoms with E-state index in [0.717, 1.165) is 71.9 Å². The van der Waals surface area contributed by atoms with Crippen molar-refractivity contribution in [2.45, 2.75) is 6.42 Å². The number of nitrogens with zero attached hydrogens (tertiary/aromatic N) is 4. The van der Waals surface area contributed by atoms with Crippen LogP contribution in [0.25, 0.3) is 0 Å². The highest BCUT2D eigenvalue weighted by Crippen LogP contribution is 2.28. The number of carbonyl (C=O) groups excluding carboxylic acids is 4. The highest BCUT2D eigenvalue weighted by atomic mass is 35.5. The molecule has 55 heavy (non-hydrogen) atoms. The van der Waals surface area contributed by atoms with Crippen LogP contribution in [0.4, 0.5) is 11.4 Å². The van der Waals surface area contributed by atoms with E-state index >= 15 is 0 Å². The van der Waals surface area contributed by atoms with Gasteiger partial charge in [0.15, 0.2) is 11.6 Å². The second kappa shape index (κ2) is 19.3. The van der Waals surface area contributed by atoms with E-state index in [2.05, 4.69) is 30.2 Å². The van der Waals surface area contributed by atoms with Crippen LogP contribution >= 0.6 is 46.4 Å². The molecule has 0 bridgehead atoms. The minimum Gasteiger partial charge on any atom is -0.324 e. The molecule has 2 aliphatic heterocycles. The first-order valence-electron chi connectivity index (χ1n) is 18.2. The monoisotopic (exact) mass is 822 g/mol. The second-order valence-electron chi connectivity index (χ2n) is 13.7. The summed E-state index contributed by atoms with van der Waals surface area (Å²) in [6, 6.07) is 23.3. The van der Waals surface area contributed by atoms with E-state index in [9.17, 15) is 19.2 Å². The lowest BCUT2D eigenvalue weighted by Crippen LogP contribution is -2.50. The van der Waals surface area contributed by atoms with Crippen molar-refractivity contribution in [3.63, 3.8) is 0 Å². The third kappa shape index (κ3) is 11.1. The molecular formula is C41H42Cl4N6O4. The van der Waals surface area contributed by atoms with Gasteiger partial charge in [0.25, 0.3) is 0 Å². The molecule has 2 N–H and O–H groups in total. The zero-order valence-corrected chi connectivity index (χ0v) is 33.2. The average molecular weight is 825 g/mol. The number of amides is 2. The van der Waals surface area contributed by atoms with Gasteiger partial charge >= 0.3 is 0 Å². The van der Waals surface area contributed by atoms with E-state index in [0.29, 0.717) is 53.7 Å². The number of anilines is 2. The molecule has 14 heteroatoms. The smallest absolute Gasteiger partial charge is 0.238 e. The average Bonchev–Trinajstić information content (AvgIpc) is 3.17. The molecule has 4 aromatic rings. The Kier molecular flexibility index (Phi) is 14.4. The molecule has 2 fully saturated rings. The molecular weight excluding hydrogens is 782 g/mol. The van der Waals surface area contributed by atoms with Crippen LogP contribution in [0, 0.1) is 0 Å². The first-order chi connectivity index (χ1) is 26.5. The Hall–Kier alpha value is -3.84. The molecule has 6 rings (SSSR count). The number of hydrogen-bond acceptors (Lipinski definition) is 8. The van der Waals surface area contributed by atoms with E-state index < -0.39 is 0 Å². The van der Waals surface area contributed by atoms with E-state index in [4.69, 9.17) is 46.4 Å². The minimum atomic E-state index is -0.309. The minimum absolute atomic E-state index is 0.196. The van der Waals surface area contributed by atoms with Crippen LogP contribution < -0.4 is 10.6 Å². The Bertz CT molecular complexity index is 1890. The van der Waals surface area contributed by atoms with Gasteiger partial charge in [-0.1, -0.05) is 70.7 Å². The quantitative estimate of drug-likeness (QED) is 0.132.